The van der Waals surface area contributed by atoms with Crippen molar-refractivity contribution in [3.8, 4) is 0 Å². The molecule has 0 radical (unpaired) electrons. The third-order valence-electron chi connectivity index (χ3n) is 3.10. The van der Waals surface area contributed by atoms with E-state index in [1.165, 1.54) is 32.4 Å². The highest BCUT2D eigenvalue weighted by molar-refractivity contribution is 4.78. The molecule has 0 spiro atoms. The minimum atomic E-state index is 0.467. The summed E-state index contributed by atoms with van der Waals surface area (Å²) in [7, 11) is 2.24. The van der Waals surface area contributed by atoms with Crippen molar-refractivity contribution in [2.75, 3.05) is 26.7 Å². The van der Waals surface area contributed by atoms with Crippen LogP contribution in [0.3, 0.4) is 0 Å². The van der Waals surface area contributed by atoms with Crippen LogP contribution in [0.4, 0.5) is 0 Å². The van der Waals surface area contributed by atoms with E-state index >= 15 is 0 Å². The molecule has 1 aliphatic heterocycles. The number of likely N-dealkylation sites (N-methyl/N-ethyl adjacent to an activating group) is 1. The zero-order valence-corrected chi connectivity index (χ0v) is 10.3. The molecule has 14 heavy (non-hydrogen) atoms. The second-order valence-corrected chi connectivity index (χ2v) is 5.79. The lowest BCUT2D eigenvalue weighted by molar-refractivity contribution is 0.291. The van der Waals surface area contributed by atoms with E-state index in [2.05, 4.69) is 38.0 Å². The normalized spacial score (nSPS) is 24.4. The molecule has 0 aromatic rings. The summed E-state index contributed by atoms with van der Waals surface area (Å²) in [4.78, 5) is 2.48. The van der Waals surface area contributed by atoms with E-state index in [9.17, 15) is 0 Å². The van der Waals surface area contributed by atoms with Crippen molar-refractivity contribution in [3.05, 3.63) is 0 Å². The summed E-state index contributed by atoms with van der Waals surface area (Å²) < 4.78 is 0. The van der Waals surface area contributed by atoms with Gasteiger partial charge in [0.05, 0.1) is 0 Å². The summed E-state index contributed by atoms with van der Waals surface area (Å²) in [6.07, 6.45) is 4.02. The topological polar surface area (TPSA) is 15.3 Å². The first-order valence-electron chi connectivity index (χ1n) is 5.90. The quantitative estimate of drug-likeness (QED) is 0.696. The molecule has 1 fully saturated rings. The number of hydrogen-bond acceptors (Lipinski definition) is 2. The first kappa shape index (κ1) is 12.0. The third-order valence-corrected chi connectivity index (χ3v) is 3.10. The van der Waals surface area contributed by atoms with E-state index in [0.29, 0.717) is 5.41 Å². The first-order valence-corrected chi connectivity index (χ1v) is 5.90. The lowest BCUT2D eigenvalue weighted by Crippen LogP contribution is -2.36. The minimum Gasteiger partial charge on any atom is -0.315 e. The molecule has 2 nitrogen and oxygen atoms in total. The molecule has 0 aromatic carbocycles. The van der Waals surface area contributed by atoms with E-state index in [-0.39, 0.29) is 0 Å². The van der Waals surface area contributed by atoms with Crippen LogP contribution in [0.1, 0.15) is 40.0 Å². The van der Waals surface area contributed by atoms with E-state index in [0.717, 1.165) is 12.6 Å². The SMILES string of the molecule is CN1CCCC1CNCCC(C)(C)C. The standard InChI is InChI=1S/C12H26N2/c1-12(2,3)7-8-13-10-11-6-5-9-14(11)4/h11,13H,5-10H2,1-4H3. The van der Waals surface area contributed by atoms with Crippen LogP contribution >= 0.6 is 0 Å². The molecule has 84 valence electrons. The average molecular weight is 198 g/mol. The summed E-state index contributed by atoms with van der Waals surface area (Å²) >= 11 is 0. The molecule has 0 amide bonds. The average Bonchev–Trinajstić information content (AvgIpc) is 2.44. The van der Waals surface area contributed by atoms with Gasteiger partial charge in [0.1, 0.15) is 0 Å². The van der Waals surface area contributed by atoms with Gasteiger partial charge in [-0.05, 0) is 44.8 Å². The van der Waals surface area contributed by atoms with Crippen LogP contribution in [0.15, 0.2) is 0 Å². The monoisotopic (exact) mass is 198 g/mol. The van der Waals surface area contributed by atoms with Crippen molar-refractivity contribution in [3.63, 3.8) is 0 Å². The van der Waals surface area contributed by atoms with Gasteiger partial charge in [0.15, 0.2) is 0 Å². The summed E-state index contributed by atoms with van der Waals surface area (Å²) in [5.74, 6) is 0. The van der Waals surface area contributed by atoms with Gasteiger partial charge in [0.25, 0.3) is 0 Å². The number of nitrogens with zero attached hydrogens (tertiary/aromatic N) is 1. The molecule has 1 saturated heterocycles. The van der Waals surface area contributed by atoms with Crippen LogP contribution in [-0.4, -0.2) is 37.6 Å². The molecule has 1 atom stereocenters. The Morgan fingerprint density at radius 2 is 2.07 bits per heavy atom. The van der Waals surface area contributed by atoms with Crippen molar-refractivity contribution in [1.82, 2.24) is 10.2 Å². The highest BCUT2D eigenvalue weighted by atomic mass is 15.2. The fraction of sp³-hybridized carbons (Fsp3) is 1.00. The van der Waals surface area contributed by atoms with E-state index < -0.39 is 0 Å². The van der Waals surface area contributed by atoms with Crippen molar-refractivity contribution in [2.24, 2.45) is 5.41 Å². The van der Waals surface area contributed by atoms with Crippen molar-refractivity contribution in [2.45, 2.75) is 46.1 Å². The van der Waals surface area contributed by atoms with Crippen LogP contribution < -0.4 is 5.32 Å². The molecular weight excluding hydrogens is 172 g/mol. The molecule has 1 unspecified atom stereocenters. The Balaban J connectivity index is 2.04. The Kier molecular flexibility index (Phi) is 4.39. The molecule has 1 rings (SSSR count). The van der Waals surface area contributed by atoms with Gasteiger partial charge in [-0.1, -0.05) is 20.8 Å². The van der Waals surface area contributed by atoms with Gasteiger partial charge < -0.3 is 10.2 Å². The summed E-state index contributed by atoms with van der Waals surface area (Å²) in [5, 5.41) is 3.57. The maximum atomic E-state index is 3.57. The second kappa shape index (κ2) is 5.13. The fourth-order valence-electron chi connectivity index (χ4n) is 1.97. The largest absolute Gasteiger partial charge is 0.315 e. The van der Waals surface area contributed by atoms with E-state index in [4.69, 9.17) is 0 Å². The molecule has 1 N–H and O–H groups in total. The summed E-state index contributed by atoms with van der Waals surface area (Å²) in [6.45, 7) is 10.5. The number of likely N-dealkylation sites (tertiary alicyclic amines) is 1. The van der Waals surface area contributed by atoms with Gasteiger partial charge in [0, 0.05) is 12.6 Å². The maximum Gasteiger partial charge on any atom is 0.0218 e. The molecule has 2 heteroatoms. The Morgan fingerprint density at radius 3 is 2.57 bits per heavy atom. The predicted octanol–water partition coefficient (Wildman–Crippen LogP) is 2.11. The Hall–Kier alpha value is -0.0800. The minimum absolute atomic E-state index is 0.467. The molecule has 1 aliphatic rings. The molecule has 1 heterocycles. The first-order chi connectivity index (χ1) is 6.49. The second-order valence-electron chi connectivity index (χ2n) is 5.79. The van der Waals surface area contributed by atoms with Gasteiger partial charge in [-0.2, -0.15) is 0 Å². The third kappa shape index (κ3) is 4.43. The highest BCUT2D eigenvalue weighted by Crippen LogP contribution is 2.17. The molecule has 0 aromatic heterocycles. The Labute approximate surface area is 89.1 Å². The smallest absolute Gasteiger partial charge is 0.0218 e. The number of nitrogens with one attached hydrogen (secondary N) is 1. The predicted molar refractivity (Wildman–Crippen MR) is 62.6 cm³/mol. The zero-order valence-electron chi connectivity index (χ0n) is 10.3. The summed E-state index contributed by atoms with van der Waals surface area (Å²) in [5.41, 5.74) is 0.467. The van der Waals surface area contributed by atoms with Crippen LogP contribution in [0.2, 0.25) is 0 Å². The lowest BCUT2D eigenvalue weighted by Gasteiger charge is -2.22. The van der Waals surface area contributed by atoms with Crippen LogP contribution in [0.5, 0.6) is 0 Å². The lowest BCUT2D eigenvalue weighted by atomic mass is 9.92. The number of hydrogen-bond donors (Lipinski definition) is 1. The van der Waals surface area contributed by atoms with Crippen LogP contribution in [0.25, 0.3) is 0 Å². The zero-order chi connectivity index (χ0) is 10.6. The number of rotatable bonds is 4. The highest BCUT2D eigenvalue weighted by Gasteiger charge is 2.20. The Morgan fingerprint density at radius 1 is 1.36 bits per heavy atom. The fourth-order valence-corrected chi connectivity index (χ4v) is 1.97. The van der Waals surface area contributed by atoms with Gasteiger partial charge in [-0.25, -0.2) is 0 Å². The molecule has 0 aliphatic carbocycles. The van der Waals surface area contributed by atoms with Crippen molar-refractivity contribution in [1.29, 1.82) is 0 Å². The Bertz CT molecular complexity index is 160. The van der Waals surface area contributed by atoms with Gasteiger partial charge in [0.2, 0.25) is 0 Å². The van der Waals surface area contributed by atoms with Crippen LogP contribution in [-0.2, 0) is 0 Å². The van der Waals surface area contributed by atoms with Crippen LogP contribution in [0, 0.1) is 5.41 Å². The van der Waals surface area contributed by atoms with Gasteiger partial charge in [-0.3, -0.25) is 0 Å². The van der Waals surface area contributed by atoms with Gasteiger partial charge in [-0.15, -0.1) is 0 Å². The summed E-state index contributed by atoms with van der Waals surface area (Å²) in [6, 6.07) is 0.787. The van der Waals surface area contributed by atoms with Gasteiger partial charge >= 0.3 is 0 Å². The maximum absolute atomic E-state index is 3.57. The molecule has 0 bridgehead atoms. The van der Waals surface area contributed by atoms with Crippen molar-refractivity contribution < 1.29 is 0 Å². The van der Waals surface area contributed by atoms with E-state index in [1.54, 1.807) is 0 Å². The molecule has 0 saturated carbocycles. The molecular formula is C12H26N2. The van der Waals surface area contributed by atoms with Crippen molar-refractivity contribution >= 4 is 0 Å². The van der Waals surface area contributed by atoms with E-state index in [1.807, 2.05) is 0 Å².